The summed E-state index contributed by atoms with van der Waals surface area (Å²) in [5, 5.41) is 12.7. The number of hydrogen-bond donors (Lipinski definition) is 2. The fourth-order valence-electron chi connectivity index (χ4n) is 2.44. The third kappa shape index (κ3) is 2.92. The highest BCUT2D eigenvalue weighted by molar-refractivity contribution is 7.89. The molecule has 0 saturated heterocycles. The lowest BCUT2D eigenvalue weighted by Gasteiger charge is -2.34. The van der Waals surface area contributed by atoms with Gasteiger partial charge >= 0.3 is 0 Å². The van der Waals surface area contributed by atoms with Crippen LogP contribution in [0.4, 0.5) is 5.95 Å². The zero-order chi connectivity index (χ0) is 14.8. The quantitative estimate of drug-likeness (QED) is 0.838. The Bertz CT molecular complexity index is 546. The van der Waals surface area contributed by atoms with Gasteiger partial charge in [-0.2, -0.15) is 4.31 Å². The summed E-state index contributed by atoms with van der Waals surface area (Å²) < 4.78 is 26.2. The summed E-state index contributed by atoms with van der Waals surface area (Å²) in [5.74, 6) is 0.365. The number of rotatable bonds is 4. The molecule has 0 spiro atoms. The number of nitrogens with zero attached hydrogens (tertiary/aromatic N) is 3. The Kier molecular flexibility index (Phi) is 4.56. The summed E-state index contributed by atoms with van der Waals surface area (Å²) in [7, 11) is -0.515. The molecule has 112 valence electrons. The van der Waals surface area contributed by atoms with Crippen molar-refractivity contribution in [2.24, 2.45) is 0 Å². The molecule has 20 heavy (non-hydrogen) atoms. The predicted molar refractivity (Wildman–Crippen MR) is 74.8 cm³/mol. The molecule has 2 atom stereocenters. The lowest BCUT2D eigenvalue weighted by Crippen LogP contribution is -2.46. The number of aliphatic hydroxyl groups is 1. The first kappa shape index (κ1) is 15.1. The topological polar surface area (TPSA) is 95.4 Å². The van der Waals surface area contributed by atoms with Crippen molar-refractivity contribution in [3.05, 3.63) is 12.4 Å². The summed E-state index contributed by atoms with van der Waals surface area (Å²) in [5.41, 5.74) is 0. The van der Waals surface area contributed by atoms with Crippen molar-refractivity contribution >= 4 is 16.0 Å². The Balaban J connectivity index is 2.23. The molecule has 8 heteroatoms. The zero-order valence-corrected chi connectivity index (χ0v) is 12.5. The van der Waals surface area contributed by atoms with Gasteiger partial charge < -0.3 is 10.4 Å². The van der Waals surface area contributed by atoms with Crippen LogP contribution in [0.25, 0.3) is 0 Å². The molecular weight excluding hydrogens is 280 g/mol. The van der Waals surface area contributed by atoms with Gasteiger partial charge in [-0.25, -0.2) is 18.4 Å². The average Bonchev–Trinajstić information content (AvgIpc) is 2.47. The van der Waals surface area contributed by atoms with E-state index in [9.17, 15) is 13.5 Å². The molecule has 2 rings (SSSR count). The Morgan fingerprint density at radius 1 is 1.30 bits per heavy atom. The van der Waals surface area contributed by atoms with E-state index in [-0.39, 0.29) is 10.9 Å². The maximum Gasteiger partial charge on any atom is 0.246 e. The number of aliphatic hydroxyl groups excluding tert-OH is 1. The molecule has 0 radical (unpaired) electrons. The van der Waals surface area contributed by atoms with Crippen molar-refractivity contribution in [2.75, 3.05) is 19.4 Å². The molecule has 0 bridgehead atoms. The van der Waals surface area contributed by atoms with Crippen molar-refractivity contribution in [1.82, 2.24) is 14.3 Å². The van der Waals surface area contributed by atoms with Crippen LogP contribution >= 0.6 is 0 Å². The van der Waals surface area contributed by atoms with Crippen LogP contribution in [0.2, 0.25) is 0 Å². The zero-order valence-electron chi connectivity index (χ0n) is 11.7. The molecule has 1 fully saturated rings. The van der Waals surface area contributed by atoms with E-state index in [4.69, 9.17) is 0 Å². The first-order valence-electron chi connectivity index (χ1n) is 6.62. The molecule has 1 aromatic rings. The number of likely N-dealkylation sites (N-methyl/N-ethyl adjacent to an activating group) is 1. The van der Waals surface area contributed by atoms with Gasteiger partial charge in [-0.1, -0.05) is 12.8 Å². The van der Waals surface area contributed by atoms with Gasteiger partial charge in [0.05, 0.1) is 24.5 Å². The van der Waals surface area contributed by atoms with E-state index < -0.39 is 16.1 Å². The van der Waals surface area contributed by atoms with E-state index in [0.717, 1.165) is 12.8 Å². The summed E-state index contributed by atoms with van der Waals surface area (Å²) in [6.45, 7) is 0. The Morgan fingerprint density at radius 3 is 2.45 bits per heavy atom. The standard InChI is InChI=1S/C12H20N4O3S/c1-13-12-14-7-9(8-15-12)20(18,19)16(2)10-5-3-4-6-11(10)17/h7-8,10-11,17H,3-6H2,1-2H3,(H,13,14,15). The number of nitrogens with one attached hydrogen (secondary N) is 1. The van der Waals surface area contributed by atoms with Crippen LogP contribution in [-0.2, 0) is 10.0 Å². The number of hydrogen-bond acceptors (Lipinski definition) is 6. The van der Waals surface area contributed by atoms with E-state index in [1.165, 1.54) is 23.7 Å². The van der Waals surface area contributed by atoms with Gasteiger partial charge in [0.2, 0.25) is 16.0 Å². The third-order valence-electron chi connectivity index (χ3n) is 3.69. The summed E-state index contributed by atoms with van der Waals surface area (Å²) in [6, 6.07) is -0.377. The van der Waals surface area contributed by atoms with Crippen LogP contribution in [-0.4, -0.2) is 54.0 Å². The normalized spacial score (nSPS) is 23.8. The lowest BCUT2D eigenvalue weighted by atomic mass is 9.93. The largest absolute Gasteiger partial charge is 0.391 e. The molecule has 1 heterocycles. The molecule has 1 aliphatic carbocycles. The lowest BCUT2D eigenvalue weighted by molar-refractivity contribution is 0.0638. The Hall–Kier alpha value is -1.25. The minimum Gasteiger partial charge on any atom is -0.391 e. The van der Waals surface area contributed by atoms with E-state index >= 15 is 0 Å². The van der Waals surface area contributed by atoms with E-state index in [1.807, 2.05) is 0 Å². The predicted octanol–water partition coefficient (Wildman–Crippen LogP) is 0.442. The van der Waals surface area contributed by atoms with Gasteiger partial charge in [0.15, 0.2) is 0 Å². The molecule has 2 unspecified atom stereocenters. The third-order valence-corrected chi connectivity index (χ3v) is 5.53. The molecule has 0 aliphatic heterocycles. The summed E-state index contributed by atoms with van der Waals surface area (Å²) in [4.78, 5) is 7.88. The van der Waals surface area contributed by atoms with Crippen molar-refractivity contribution in [3.63, 3.8) is 0 Å². The fraction of sp³-hybridized carbons (Fsp3) is 0.667. The molecule has 0 aromatic carbocycles. The highest BCUT2D eigenvalue weighted by Gasteiger charge is 2.34. The second kappa shape index (κ2) is 6.02. The monoisotopic (exact) mass is 300 g/mol. The van der Waals surface area contributed by atoms with Gasteiger partial charge in [-0.3, -0.25) is 0 Å². The molecule has 1 aromatic heterocycles. The van der Waals surface area contributed by atoms with Gasteiger partial charge in [0.25, 0.3) is 0 Å². The van der Waals surface area contributed by atoms with Gasteiger partial charge in [0.1, 0.15) is 4.90 Å². The number of sulfonamides is 1. The van der Waals surface area contributed by atoms with Crippen LogP contribution in [0.1, 0.15) is 25.7 Å². The maximum atomic E-state index is 12.5. The molecule has 0 amide bonds. The van der Waals surface area contributed by atoms with Gasteiger partial charge in [-0.05, 0) is 12.8 Å². The highest BCUT2D eigenvalue weighted by atomic mass is 32.2. The van der Waals surface area contributed by atoms with Gasteiger partial charge in [-0.15, -0.1) is 0 Å². The van der Waals surface area contributed by atoms with Crippen molar-refractivity contribution in [2.45, 2.75) is 42.7 Å². The fourth-order valence-corrected chi connectivity index (χ4v) is 3.75. The van der Waals surface area contributed by atoms with Crippen molar-refractivity contribution in [1.29, 1.82) is 0 Å². The SMILES string of the molecule is CNc1ncc(S(=O)(=O)N(C)C2CCCCC2O)cn1. The molecule has 1 aliphatic rings. The average molecular weight is 300 g/mol. The second-order valence-electron chi connectivity index (χ2n) is 4.93. The smallest absolute Gasteiger partial charge is 0.246 e. The molecule has 2 N–H and O–H groups in total. The maximum absolute atomic E-state index is 12.5. The summed E-state index contributed by atoms with van der Waals surface area (Å²) >= 11 is 0. The van der Waals surface area contributed by atoms with Gasteiger partial charge in [0, 0.05) is 14.1 Å². The first-order valence-corrected chi connectivity index (χ1v) is 8.06. The minimum absolute atomic E-state index is 0.0387. The van der Waals surface area contributed by atoms with E-state index in [0.29, 0.717) is 18.8 Å². The van der Waals surface area contributed by atoms with Crippen LogP contribution < -0.4 is 5.32 Å². The molecule has 1 saturated carbocycles. The van der Waals surface area contributed by atoms with Crippen LogP contribution in [0.15, 0.2) is 17.3 Å². The number of aromatic nitrogens is 2. The Labute approximate surface area is 119 Å². The van der Waals surface area contributed by atoms with E-state index in [1.54, 1.807) is 7.05 Å². The highest BCUT2D eigenvalue weighted by Crippen LogP contribution is 2.26. The van der Waals surface area contributed by atoms with Crippen LogP contribution in [0, 0.1) is 0 Å². The van der Waals surface area contributed by atoms with Crippen LogP contribution in [0.3, 0.4) is 0 Å². The minimum atomic E-state index is -3.68. The second-order valence-corrected chi connectivity index (χ2v) is 6.93. The van der Waals surface area contributed by atoms with Crippen molar-refractivity contribution in [3.8, 4) is 0 Å². The Morgan fingerprint density at radius 2 is 1.90 bits per heavy atom. The number of anilines is 1. The molecular formula is C12H20N4O3S. The summed E-state index contributed by atoms with van der Waals surface area (Å²) in [6.07, 6.45) is 5.12. The van der Waals surface area contributed by atoms with Crippen LogP contribution in [0.5, 0.6) is 0 Å². The van der Waals surface area contributed by atoms with E-state index in [2.05, 4.69) is 15.3 Å². The van der Waals surface area contributed by atoms with Crippen molar-refractivity contribution < 1.29 is 13.5 Å². The molecule has 7 nitrogen and oxygen atoms in total. The first-order chi connectivity index (χ1) is 9.46.